The lowest BCUT2D eigenvalue weighted by molar-refractivity contribution is 1.62. The number of anilines is 1. The molecule has 50 valence electrons. The van der Waals surface area contributed by atoms with Crippen molar-refractivity contribution in [3.05, 3.63) is 29.8 Å². The van der Waals surface area contributed by atoms with Gasteiger partial charge < -0.3 is 4.72 Å². The van der Waals surface area contributed by atoms with E-state index in [-0.39, 0.29) is 0 Å². The third-order valence-electron chi connectivity index (χ3n) is 1.36. The van der Waals surface area contributed by atoms with Gasteiger partial charge in [0.25, 0.3) is 0 Å². The van der Waals surface area contributed by atoms with E-state index in [1.165, 1.54) is 12.1 Å². The van der Waals surface area contributed by atoms with Crippen LogP contribution in [-0.2, 0) is 0 Å². The minimum absolute atomic E-state index is 1.14. The molecule has 0 radical (unpaired) electrons. The molecule has 10 heavy (non-hydrogen) atoms. The molecule has 0 fully saturated rings. The molecule has 0 aliphatic carbocycles. The molecule has 0 unspecified atom stereocenters. The van der Waals surface area contributed by atoms with Gasteiger partial charge in [0, 0.05) is 11.8 Å². The van der Waals surface area contributed by atoms with E-state index in [2.05, 4.69) is 9.12 Å². The van der Waals surface area contributed by atoms with Gasteiger partial charge in [0.05, 0.1) is 17.8 Å². The Hall–Kier alpha value is -0.960. The summed E-state index contributed by atoms with van der Waals surface area (Å²) in [6, 6.07) is 8.08. The molecule has 0 saturated carbocycles. The predicted octanol–water partition coefficient (Wildman–Crippen LogP) is 2.09. The summed E-state index contributed by atoms with van der Waals surface area (Å²) in [5.41, 5.74) is 2.30. The molecule has 3 heteroatoms. The molecule has 2 rings (SSSR count). The van der Waals surface area contributed by atoms with E-state index >= 15 is 0 Å². The van der Waals surface area contributed by atoms with Gasteiger partial charge in [-0.15, -0.1) is 0 Å². The van der Waals surface area contributed by atoms with Crippen molar-refractivity contribution in [3.8, 4) is 0 Å². The van der Waals surface area contributed by atoms with Gasteiger partial charge >= 0.3 is 0 Å². The third kappa shape index (κ3) is 0.885. The lowest BCUT2D eigenvalue weighted by Gasteiger charge is -2.08. The Morgan fingerprint density at radius 3 is 3.10 bits per heavy atom. The van der Waals surface area contributed by atoms with E-state index < -0.39 is 0 Å². The zero-order valence-corrected chi connectivity index (χ0v) is 6.06. The molecule has 0 aromatic heterocycles. The normalized spacial score (nSPS) is 14.0. The maximum Gasteiger partial charge on any atom is 0.0901 e. The van der Waals surface area contributed by atoms with Crippen molar-refractivity contribution in [2.45, 2.75) is 0 Å². The van der Waals surface area contributed by atoms with E-state index in [1.807, 2.05) is 30.5 Å². The highest BCUT2D eigenvalue weighted by Crippen LogP contribution is 2.21. The van der Waals surface area contributed by atoms with Crippen molar-refractivity contribution in [3.63, 3.8) is 0 Å². The molecule has 2 nitrogen and oxygen atoms in total. The molecule has 0 spiro atoms. The first-order valence-electron chi connectivity index (χ1n) is 3.01. The second-order valence-corrected chi connectivity index (χ2v) is 2.61. The van der Waals surface area contributed by atoms with Crippen LogP contribution in [0.2, 0.25) is 0 Å². The molecule has 1 aromatic carbocycles. The number of fused-ring (bicyclic) bond motifs is 1. The summed E-state index contributed by atoms with van der Waals surface area (Å²) < 4.78 is 7.08. The Bertz CT molecular complexity index is 270. The zero-order chi connectivity index (χ0) is 6.81. The maximum absolute atomic E-state index is 4.00. The van der Waals surface area contributed by atoms with E-state index in [9.17, 15) is 0 Å². The van der Waals surface area contributed by atoms with Crippen LogP contribution in [0.4, 0.5) is 5.69 Å². The van der Waals surface area contributed by atoms with E-state index in [0.717, 1.165) is 11.3 Å². The van der Waals surface area contributed by atoms with Crippen molar-refractivity contribution in [1.29, 1.82) is 0 Å². The summed E-state index contributed by atoms with van der Waals surface area (Å²) >= 11 is 1.36. The third-order valence-corrected chi connectivity index (χ3v) is 1.88. The monoisotopic (exact) mass is 150 g/mol. The van der Waals surface area contributed by atoms with Gasteiger partial charge in [0.2, 0.25) is 0 Å². The number of para-hydroxylation sites is 1. The number of benzene rings is 1. The molecule has 0 amide bonds. The first kappa shape index (κ1) is 5.80. The summed E-state index contributed by atoms with van der Waals surface area (Å²) in [5.74, 6) is 0. The van der Waals surface area contributed by atoms with Gasteiger partial charge in [-0.1, -0.05) is 18.2 Å². The molecule has 0 saturated heterocycles. The van der Waals surface area contributed by atoms with Crippen LogP contribution in [-0.4, -0.2) is 6.21 Å². The molecule has 0 bridgehead atoms. The van der Waals surface area contributed by atoms with E-state index in [0.29, 0.717) is 0 Å². The topological polar surface area (TPSA) is 24.4 Å². The van der Waals surface area contributed by atoms with Crippen molar-refractivity contribution < 1.29 is 0 Å². The maximum atomic E-state index is 4.00. The average Bonchev–Trinajstić information content (AvgIpc) is 2.05. The molecular formula is C7H6N2S. The summed E-state index contributed by atoms with van der Waals surface area (Å²) in [7, 11) is 0. The molecule has 1 aromatic rings. The second kappa shape index (κ2) is 2.34. The fraction of sp³-hybridized carbons (Fsp3) is 0. The quantitative estimate of drug-likeness (QED) is 0.573. The van der Waals surface area contributed by atoms with Crippen LogP contribution < -0.4 is 4.72 Å². The zero-order valence-electron chi connectivity index (χ0n) is 5.24. The van der Waals surface area contributed by atoms with Gasteiger partial charge in [-0.05, 0) is 6.07 Å². The van der Waals surface area contributed by atoms with E-state index in [1.54, 1.807) is 0 Å². The van der Waals surface area contributed by atoms with Gasteiger partial charge in [-0.25, -0.2) is 4.40 Å². The molecular weight excluding hydrogens is 144 g/mol. The molecule has 1 N–H and O–H groups in total. The van der Waals surface area contributed by atoms with Crippen molar-refractivity contribution >= 4 is 24.0 Å². The summed E-state index contributed by atoms with van der Waals surface area (Å²) in [6.07, 6.45) is 1.86. The first-order chi connectivity index (χ1) is 4.97. The minimum Gasteiger partial charge on any atom is -0.310 e. The van der Waals surface area contributed by atoms with Crippen LogP contribution in [0.3, 0.4) is 0 Å². The highest BCUT2D eigenvalue weighted by Gasteiger charge is 2.01. The van der Waals surface area contributed by atoms with Gasteiger partial charge in [0.15, 0.2) is 0 Å². The SMILES string of the molecule is C1=NSNc2ccccc21. The largest absolute Gasteiger partial charge is 0.310 e. The predicted molar refractivity (Wildman–Crippen MR) is 45.2 cm³/mol. The van der Waals surface area contributed by atoms with Crippen molar-refractivity contribution in [2.24, 2.45) is 4.40 Å². The van der Waals surface area contributed by atoms with Crippen LogP contribution in [0.1, 0.15) is 5.56 Å². The minimum atomic E-state index is 1.14. The smallest absolute Gasteiger partial charge is 0.0901 e. The number of nitrogens with zero attached hydrogens (tertiary/aromatic N) is 1. The van der Waals surface area contributed by atoms with Gasteiger partial charge in [-0.2, -0.15) is 0 Å². The second-order valence-electron chi connectivity index (χ2n) is 2.02. The Morgan fingerprint density at radius 2 is 2.20 bits per heavy atom. The first-order valence-corrected chi connectivity index (χ1v) is 3.78. The highest BCUT2D eigenvalue weighted by molar-refractivity contribution is 7.99. The number of hydrogen-bond acceptors (Lipinski definition) is 3. The molecule has 1 heterocycles. The number of nitrogens with one attached hydrogen (secondary N) is 1. The van der Waals surface area contributed by atoms with Crippen LogP contribution in [0, 0.1) is 0 Å². The summed E-state index contributed by atoms with van der Waals surface area (Å²) in [4.78, 5) is 0. The van der Waals surface area contributed by atoms with Crippen molar-refractivity contribution in [2.75, 3.05) is 4.72 Å². The van der Waals surface area contributed by atoms with Crippen LogP contribution in [0.25, 0.3) is 0 Å². The van der Waals surface area contributed by atoms with Gasteiger partial charge in [0.1, 0.15) is 0 Å². The summed E-state index contributed by atoms with van der Waals surface area (Å²) in [5, 5.41) is 0. The molecule has 1 aliphatic rings. The highest BCUT2D eigenvalue weighted by atomic mass is 32.2. The average molecular weight is 150 g/mol. The molecule has 1 aliphatic heterocycles. The number of hydrogen-bond donors (Lipinski definition) is 1. The van der Waals surface area contributed by atoms with Gasteiger partial charge in [-0.3, -0.25) is 0 Å². The Balaban J connectivity index is 2.54. The lowest BCUT2D eigenvalue weighted by Crippen LogP contribution is -1.95. The van der Waals surface area contributed by atoms with E-state index in [4.69, 9.17) is 0 Å². The fourth-order valence-corrected chi connectivity index (χ4v) is 1.36. The number of rotatable bonds is 0. The molecule has 0 atom stereocenters. The van der Waals surface area contributed by atoms with Crippen molar-refractivity contribution in [1.82, 2.24) is 0 Å². The Morgan fingerprint density at radius 1 is 1.30 bits per heavy atom. The summed E-state index contributed by atoms with van der Waals surface area (Å²) in [6.45, 7) is 0. The van der Waals surface area contributed by atoms with Crippen LogP contribution in [0.5, 0.6) is 0 Å². The van der Waals surface area contributed by atoms with Crippen LogP contribution >= 0.6 is 12.1 Å². The lowest BCUT2D eigenvalue weighted by atomic mass is 10.2. The Labute approximate surface area is 63.6 Å². The fourth-order valence-electron chi connectivity index (χ4n) is 0.861. The van der Waals surface area contributed by atoms with Crippen LogP contribution in [0.15, 0.2) is 28.7 Å². The standard InChI is InChI=1S/C7H6N2S/c1-2-4-7-6(3-1)5-8-10-9-7/h1-5,9H. The Kier molecular flexibility index (Phi) is 1.36.